The molecule has 0 saturated carbocycles. The van der Waals surface area contributed by atoms with Crippen molar-refractivity contribution in [2.45, 2.75) is 26.7 Å². The van der Waals surface area contributed by atoms with Gasteiger partial charge in [0.2, 0.25) is 0 Å². The second kappa shape index (κ2) is 4.80. The number of nitrogen functional groups attached to an aromatic ring is 1. The van der Waals surface area contributed by atoms with E-state index in [4.69, 9.17) is 10.2 Å². The van der Waals surface area contributed by atoms with Crippen LogP contribution < -0.4 is 11.2 Å². The highest BCUT2D eigenvalue weighted by molar-refractivity contribution is 5.62. The summed E-state index contributed by atoms with van der Waals surface area (Å²) in [6, 6.07) is 4.30. The van der Waals surface area contributed by atoms with E-state index in [-0.39, 0.29) is 22.6 Å². The number of halogens is 1. The van der Waals surface area contributed by atoms with Crippen molar-refractivity contribution in [2.75, 3.05) is 5.73 Å². The zero-order chi connectivity index (χ0) is 13.3. The summed E-state index contributed by atoms with van der Waals surface area (Å²) in [6.07, 6.45) is 1.35. The summed E-state index contributed by atoms with van der Waals surface area (Å²) in [4.78, 5) is 11.8. The van der Waals surface area contributed by atoms with Crippen molar-refractivity contribution < 1.29 is 8.81 Å². The zero-order valence-corrected chi connectivity index (χ0v) is 10.5. The molecule has 18 heavy (non-hydrogen) atoms. The smallest absolute Gasteiger partial charge is 0.191 e. The first-order valence-corrected chi connectivity index (χ1v) is 5.99. The van der Waals surface area contributed by atoms with Crippen molar-refractivity contribution in [1.82, 2.24) is 0 Å². The standard InChI is InChI=1S/C14H16FNO2/c1-8(2)3-4-9-7-11(17)10-5-6-12(16)18-14(10)13(9)15/h5-8H,3-4,16H2,1-2H3. The van der Waals surface area contributed by atoms with Crippen LogP contribution in [0.4, 0.5) is 10.3 Å². The molecule has 2 N–H and O–H groups in total. The number of nitrogens with two attached hydrogens (primary N) is 1. The van der Waals surface area contributed by atoms with Gasteiger partial charge in [0.15, 0.2) is 22.9 Å². The molecular weight excluding hydrogens is 233 g/mol. The molecule has 1 heterocycles. The summed E-state index contributed by atoms with van der Waals surface area (Å²) in [5.41, 5.74) is 5.88. The van der Waals surface area contributed by atoms with Gasteiger partial charge in [-0.2, -0.15) is 0 Å². The van der Waals surface area contributed by atoms with Gasteiger partial charge in [-0.15, -0.1) is 0 Å². The van der Waals surface area contributed by atoms with Crippen LogP contribution in [0.3, 0.4) is 0 Å². The number of aryl methyl sites for hydroxylation is 1. The maximum absolute atomic E-state index is 14.2. The van der Waals surface area contributed by atoms with E-state index >= 15 is 0 Å². The summed E-state index contributed by atoms with van der Waals surface area (Å²) in [6.45, 7) is 4.11. The van der Waals surface area contributed by atoms with E-state index in [2.05, 4.69) is 13.8 Å². The molecule has 0 radical (unpaired) electrons. The fourth-order valence-corrected chi connectivity index (χ4v) is 1.88. The Bertz CT molecular complexity index is 589. The highest BCUT2D eigenvalue weighted by atomic mass is 19.1. The summed E-state index contributed by atoms with van der Waals surface area (Å²) in [7, 11) is 0. The first-order chi connectivity index (χ1) is 8.49. The molecule has 2 rings (SSSR count). The van der Waals surface area contributed by atoms with Gasteiger partial charge in [-0.3, -0.25) is 4.79 Å². The van der Waals surface area contributed by atoms with Crippen molar-refractivity contribution in [3.63, 3.8) is 0 Å². The topological polar surface area (TPSA) is 56.2 Å². The van der Waals surface area contributed by atoms with Gasteiger partial charge in [0.25, 0.3) is 0 Å². The van der Waals surface area contributed by atoms with Gasteiger partial charge in [0.1, 0.15) is 0 Å². The molecule has 0 aromatic carbocycles. The van der Waals surface area contributed by atoms with Crippen molar-refractivity contribution in [3.8, 4) is 11.3 Å². The second-order valence-electron chi connectivity index (χ2n) is 4.86. The molecule has 96 valence electrons. The van der Waals surface area contributed by atoms with E-state index in [1.54, 1.807) is 0 Å². The number of rotatable bonds is 3. The number of benzene rings is 1. The summed E-state index contributed by atoms with van der Waals surface area (Å²) in [5.74, 6) is 0.0357. The van der Waals surface area contributed by atoms with Crippen LogP contribution in [0.25, 0.3) is 11.3 Å². The molecule has 0 saturated heterocycles. The third-order valence-electron chi connectivity index (χ3n) is 2.92. The van der Waals surface area contributed by atoms with Crippen LogP contribution in [0.2, 0.25) is 0 Å². The molecule has 2 aliphatic rings. The lowest BCUT2D eigenvalue weighted by atomic mass is 9.99. The lowest BCUT2D eigenvalue weighted by molar-refractivity contribution is 0.509. The summed E-state index contributed by atoms with van der Waals surface area (Å²) < 4.78 is 19.3. The minimum absolute atomic E-state index is 0.0405. The van der Waals surface area contributed by atoms with E-state index in [0.717, 1.165) is 6.42 Å². The van der Waals surface area contributed by atoms with Gasteiger partial charge >= 0.3 is 0 Å². The summed E-state index contributed by atoms with van der Waals surface area (Å²) >= 11 is 0. The minimum Gasteiger partial charge on any atom is -0.438 e. The third kappa shape index (κ3) is 2.37. The van der Waals surface area contributed by atoms with Crippen molar-refractivity contribution >= 4 is 5.88 Å². The minimum atomic E-state index is -0.474. The van der Waals surface area contributed by atoms with Crippen LogP contribution >= 0.6 is 0 Å². The Kier molecular flexibility index (Phi) is 3.36. The molecule has 0 fully saturated rings. The Balaban J connectivity index is 2.53. The Hall–Kier alpha value is -1.84. The third-order valence-corrected chi connectivity index (χ3v) is 2.92. The molecule has 0 atom stereocenters. The fraction of sp³-hybridized carbons (Fsp3) is 0.357. The van der Waals surface area contributed by atoms with E-state index < -0.39 is 5.82 Å². The summed E-state index contributed by atoms with van der Waals surface area (Å²) in [5, 5.41) is 0. The first-order valence-electron chi connectivity index (χ1n) is 5.99. The molecule has 0 spiro atoms. The van der Waals surface area contributed by atoms with Gasteiger partial charge in [-0.25, -0.2) is 4.39 Å². The molecular formula is C14H16FNO2. The average Bonchev–Trinajstić information content (AvgIpc) is 2.31. The van der Waals surface area contributed by atoms with Crippen LogP contribution in [-0.2, 0) is 6.42 Å². The Morgan fingerprint density at radius 2 is 2.11 bits per heavy atom. The van der Waals surface area contributed by atoms with Crippen molar-refractivity contribution in [3.05, 3.63) is 39.8 Å². The average molecular weight is 249 g/mol. The lowest BCUT2D eigenvalue weighted by Gasteiger charge is -2.10. The molecule has 1 aliphatic heterocycles. The Labute approximate surface area is 105 Å². The van der Waals surface area contributed by atoms with Crippen molar-refractivity contribution in [2.24, 2.45) is 5.92 Å². The Morgan fingerprint density at radius 3 is 2.78 bits per heavy atom. The molecule has 0 amide bonds. The molecule has 3 nitrogen and oxygen atoms in total. The van der Waals surface area contributed by atoms with Crippen LogP contribution in [0, 0.1) is 11.7 Å². The quantitative estimate of drug-likeness (QED) is 0.909. The maximum Gasteiger partial charge on any atom is 0.191 e. The predicted octanol–water partition coefficient (Wildman–Crippen LogP) is 3.05. The van der Waals surface area contributed by atoms with Gasteiger partial charge in [0.05, 0.1) is 5.56 Å². The van der Waals surface area contributed by atoms with Crippen LogP contribution in [0.5, 0.6) is 0 Å². The monoisotopic (exact) mass is 249 g/mol. The number of hydrogen-bond acceptors (Lipinski definition) is 3. The number of hydrogen-bond donors (Lipinski definition) is 1. The van der Waals surface area contributed by atoms with Crippen LogP contribution in [-0.4, -0.2) is 0 Å². The molecule has 0 aromatic heterocycles. The Morgan fingerprint density at radius 1 is 1.39 bits per heavy atom. The predicted molar refractivity (Wildman–Crippen MR) is 69.1 cm³/mol. The zero-order valence-electron chi connectivity index (χ0n) is 10.5. The maximum atomic E-state index is 14.2. The molecule has 1 aliphatic carbocycles. The van der Waals surface area contributed by atoms with E-state index in [9.17, 15) is 9.18 Å². The largest absolute Gasteiger partial charge is 0.438 e. The molecule has 4 heteroatoms. The molecule has 0 aromatic rings. The highest BCUT2D eigenvalue weighted by Gasteiger charge is 2.19. The van der Waals surface area contributed by atoms with Crippen LogP contribution in [0.15, 0.2) is 27.4 Å². The SMILES string of the molecule is CC(C)CCc1cc(=O)c2ccc(N)oc-2c1F. The lowest BCUT2D eigenvalue weighted by Crippen LogP contribution is -2.11. The number of fused-ring (bicyclic) bond motifs is 1. The second-order valence-corrected chi connectivity index (χ2v) is 4.86. The first kappa shape index (κ1) is 12.6. The van der Waals surface area contributed by atoms with Crippen molar-refractivity contribution in [1.29, 1.82) is 0 Å². The number of anilines is 1. The normalized spacial score (nSPS) is 11.3. The van der Waals surface area contributed by atoms with Gasteiger partial charge in [-0.1, -0.05) is 13.8 Å². The van der Waals surface area contributed by atoms with Crippen LogP contribution in [0.1, 0.15) is 25.8 Å². The van der Waals surface area contributed by atoms with Gasteiger partial charge < -0.3 is 10.2 Å². The van der Waals surface area contributed by atoms with Gasteiger partial charge in [0, 0.05) is 0 Å². The fourth-order valence-electron chi connectivity index (χ4n) is 1.88. The highest BCUT2D eigenvalue weighted by Crippen LogP contribution is 2.27. The molecule has 0 unspecified atom stereocenters. The van der Waals surface area contributed by atoms with Gasteiger partial charge in [-0.05, 0) is 42.5 Å². The molecule has 0 bridgehead atoms. The van der Waals surface area contributed by atoms with E-state index in [1.165, 1.54) is 18.2 Å². The van der Waals surface area contributed by atoms with E-state index in [1.807, 2.05) is 0 Å². The van der Waals surface area contributed by atoms with E-state index in [0.29, 0.717) is 17.9 Å².